The molecule has 2 atom stereocenters. The van der Waals surface area contributed by atoms with Crippen LogP contribution in [0.3, 0.4) is 0 Å². The summed E-state index contributed by atoms with van der Waals surface area (Å²) in [5.41, 5.74) is 11.1. The summed E-state index contributed by atoms with van der Waals surface area (Å²) < 4.78 is 0. The molecule has 1 rings (SSSR count). The molecule has 1 aromatic carbocycles. The van der Waals surface area contributed by atoms with Crippen molar-refractivity contribution >= 4 is 35.3 Å². The first-order chi connectivity index (χ1) is 13.0. The van der Waals surface area contributed by atoms with Crippen molar-refractivity contribution in [3.63, 3.8) is 0 Å². The van der Waals surface area contributed by atoms with Crippen LogP contribution in [0.4, 0.5) is 0 Å². The number of thioether (sulfide) groups is 2. The van der Waals surface area contributed by atoms with Gasteiger partial charge in [0, 0.05) is 22.3 Å². The monoisotopic (exact) mass is 427 g/mol. The Kier molecular flexibility index (Phi) is 10.4. The van der Waals surface area contributed by atoms with Crippen molar-refractivity contribution in [3.05, 3.63) is 29.8 Å². The molecule has 28 heavy (non-hydrogen) atoms. The van der Waals surface area contributed by atoms with E-state index in [4.69, 9.17) is 5.73 Å². The molecule has 6 nitrogen and oxygen atoms in total. The van der Waals surface area contributed by atoms with Crippen LogP contribution in [0.1, 0.15) is 51.4 Å². The first-order valence-electron chi connectivity index (χ1n) is 9.38. The predicted octanol–water partition coefficient (Wildman–Crippen LogP) is 2.81. The molecule has 0 heterocycles. The van der Waals surface area contributed by atoms with Gasteiger partial charge in [-0.2, -0.15) is 11.8 Å². The highest BCUT2D eigenvalue weighted by Crippen LogP contribution is 2.27. The van der Waals surface area contributed by atoms with Gasteiger partial charge in [0.15, 0.2) is 0 Å². The quantitative estimate of drug-likeness (QED) is 0.357. The molecule has 0 aliphatic heterocycles. The number of nitrogens with one attached hydrogen (secondary N) is 2. The molecule has 1 aromatic rings. The van der Waals surface area contributed by atoms with Crippen molar-refractivity contribution in [2.75, 3.05) is 11.5 Å². The summed E-state index contributed by atoms with van der Waals surface area (Å²) in [6.07, 6.45) is -0.858. The van der Waals surface area contributed by atoms with Crippen LogP contribution in [-0.4, -0.2) is 45.8 Å². The fraction of sp³-hybridized carbons (Fsp3) is 0.600. The zero-order valence-electron chi connectivity index (χ0n) is 17.3. The Labute approximate surface area is 176 Å². The van der Waals surface area contributed by atoms with Crippen LogP contribution in [0.2, 0.25) is 0 Å². The Morgan fingerprint density at radius 2 is 1.75 bits per heavy atom. The Balaban J connectivity index is 2.44. The molecular weight excluding hydrogens is 394 g/mol. The zero-order chi connectivity index (χ0) is 21.3. The van der Waals surface area contributed by atoms with Crippen LogP contribution in [0.15, 0.2) is 29.2 Å². The van der Waals surface area contributed by atoms with Crippen molar-refractivity contribution < 1.29 is 14.7 Å². The van der Waals surface area contributed by atoms with Gasteiger partial charge in [0.25, 0.3) is 11.8 Å². The van der Waals surface area contributed by atoms with Crippen LogP contribution in [-0.2, 0) is 4.79 Å². The van der Waals surface area contributed by atoms with E-state index in [0.29, 0.717) is 17.2 Å². The van der Waals surface area contributed by atoms with E-state index in [-0.39, 0.29) is 5.41 Å². The Hall–Kier alpha value is -1.22. The van der Waals surface area contributed by atoms with E-state index in [9.17, 15) is 14.7 Å². The second-order valence-corrected chi connectivity index (χ2v) is 10.9. The number of carbonyl (C=O) groups is 2. The molecule has 0 radical (unpaired) electrons. The maximum atomic E-state index is 12.2. The third-order valence-electron chi connectivity index (χ3n) is 3.66. The largest absolute Gasteiger partial charge is 0.382 e. The highest BCUT2D eigenvalue weighted by Gasteiger charge is 2.23. The molecule has 0 bridgehead atoms. The van der Waals surface area contributed by atoms with Gasteiger partial charge in [-0.1, -0.05) is 34.6 Å². The molecule has 0 aromatic heterocycles. The summed E-state index contributed by atoms with van der Waals surface area (Å²) >= 11 is 3.45. The van der Waals surface area contributed by atoms with E-state index in [1.165, 1.54) is 0 Å². The summed E-state index contributed by atoms with van der Waals surface area (Å²) in [7, 11) is 0. The third-order valence-corrected chi connectivity index (χ3v) is 6.42. The van der Waals surface area contributed by atoms with Crippen molar-refractivity contribution in [2.45, 2.75) is 63.3 Å². The summed E-state index contributed by atoms with van der Waals surface area (Å²) in [4.78, 5) is 25.2. The van der Waals surface area contributed by atoms with E-state index in [0.717, 1.165) is 16.4 Å². The number of aliphatic hydroxyl groups is 1. The molecule has 0 saturated carbocycles. The van der Waals surface area contributed by atoms with Gasteiger partial charge in [-0.05, 0) is 47.1 Å². The second-order valence-electron chi connectivity index (χ2n) is 8.13. The van der Waals surface area contributed by atoms with Crippen molar-refractivity contribution in [2.24, 2.45) is 11.1 Å². The van der Waals surface area contributed by atoms with Crippen LogP contribution in [0, 0.1) is 5.41 Å². The number of carbonyl (C=O) groups excluding carboxylic acids is 2. The van der Waals surface area contributed by atoms with Gasteiger partial charge in [-0.25, -0.2) is 0 Å². The molecule has 5 N–H and O–H groups in total. The number of rotatable bonds is 9. The number of aliphatic hydroxyl groups excluding tert-OH is 1. The van der Waals surface area contributed by atoms with E-state index in [2.05, 4.69) is 45.5 Å². The summed E-state index contributed by atoms with van der Waals surface area (Å²) in [6, 6.07) is 6.49. The van der Waals surface area contributed by atoms with Gasteiger partial charge in [0.1, 0.15) is 6.10 Å². The number of hydrogen-bond donors (Lipinski definition) is 4. The summed E-state index contributed by atoms with van der Waals surface area (Å²) in [6.45, 7) is 10.7. The van der Waals surface area contributed by atoms with Gasteiger partial charge < -0.3 is 10.8 Å². The summed E-state index contributed by atoms with van der Waals surface area (Å²) in [5.74, 6) is 0.571. The minimum atomic E-state index is -1.37. The standard InChI is InChI=1S/C20H33N3O3S2/c1-13(2)27-11-10-16(21)17(24)19(26)23-22-18(25)14-6-8-15(9-7-14)28-12-20(3,4)5/h6-9,13,16-17,24H,10-12,21H2,1-5H3,(H,22,25)(H,23,26)/t16-,17?/m1/s1. The highest BCUT2D eigenvalue weighted by molar-refractivity contribution is 7.99. The van der Waals surface area contributed by atoms with E-state index < -0.39 is 24.0 Å². The Bertz CT molecular complexity index is 631. The fourth-order valence-corrected chi connectivity index (χ4v) is 3.87. The average molecular weight is 428 g/mol. The highest BCUT2D eigenvalue weighted by atomic mass is 32.2. The molecule has 8 heteroatoms. The SMILES string of the molecule is CC(C)SCC[C@@H](N)C(O)C(=O)NNC(=O)c1ccc(SCC(C)(C)C)cc1. The van der Waals surface area contributed by atoms with Crippen LogP contribution < -0.4 is 16.6 Å². The first-order valence-corrected chi connectivity index (χ1v) is 11.4. The van der Waals surface area contributed by atoms with Gasteiger partial charge in [-0.3, -0.25) is 20.4 Å². The lowest BCUT2D eigenvalue weighted by atomic mass is 10.0. The van der Waals surface area contributed by atoms with Crippen LogP contribution in [0.5, 0.6) is 0 Å². The smallest absolute Gasteiger partial charge is 0.269 e. The van der Waals surface area contributed by atoms with Gasteiger partial charge in [0.2, 0.25) is 0 Å². The molecule has 158 valence electrons. The zero-order valence-corrected chi connectivity index (χ0v) is 19.0. The lowest BCUT2D eigenvalue weighted by molar-refractivity contribution is -0.131. The van der Waals surface area contributed by atoms with E-state index >= 15 is 0 Å². The van der Waals surface area contributed by atoms with Gasteiger partial charge >= 0.3 is 0 Å². The minimum absolute atomic E-state index is 0.222. The van der Waals surface area contributed by atoms with Crippen molar-refractivity contribution in [1.82, 2.24) is 10.9 Å². The topological polar surface area (TPSA) is 104 Å². The normalized spacial score (nSPS) is 13.9. The molecule has 2 amide bonds. The maximum Gasteiger partial charge on any atom is 0.269 e. The lowest BCUT2D eigenvalue weighted by Crippen LogP contribution is -2.52. The molecule has 0 aliphatic carbocycles. The average Bonchev–Trinajstić information content (AvgIpc) is 2.62. The van der Waals surface area contributed by atoms with Crippen LogP contribution in [0.25, 0.3) is 0 Å². The van der Waals surface area contributed by atoms with Gasteiger partial charge in [-0.15, -0.1) is 11.8 Å². The molecule has 0 fully saturated rings. The second kappa shape index (κ2) is 11.7. The summed E-state index contributed by atoms with van der Waals surface area (Å²) in [5, 5.41) is 10.5. The Morgan fingerprint density at radius 1 is 1.14 bits per heavy atom. The van der Waals surface area contributed by atoms with E-state index in [1.807, 2.05) is 12.1 Å². The first kappa shape index (κ1) is 24.8. The molecule has 0 spiro atoms. The molecular formula is C20H33N3O3S2. The van der Waals surface area contributed by atoms with E-state index in [1.54, 1.807) is 35.7 Å². The predicted molar refractivity (Wildman–Crippen MR) is 118 cm³/mol. The minimum Gasteiger partial charge on any atom is -0.382 e. The molecule has 1 unspecified atom stereocenters. The van der Waals surface area contributed by atoms with Gasteiger partial charge in [0.05, 0.1) is 0 Å². The molecule has 0 aliphatic rings. The van der Waals surface area contributed by atoms with Crippen molar-refractivity contribution in [1.29, 1.82) is 0 Å². The Morgan fingerprint density at radius 3 is 2.29 bits per heavy atom. The number of hydrogen-bond acceptors (Lipinski definition) is 6. The van der Waals surface area contributed by atoms with Crippen LogP contribution >= 0.6 is 23.5 Å². The van der Waals surface area contributed by atoms with Crippen molar-refractivity contribution in [3.8, 4) is 0 Å². The molecule has 0 saturated heterocycles. The number of amides is 2. The number of nitrogens with two attached hydrogens (primary N) is 1. The third kappa shape index (κ3) is 9.82. The number of hydrazine groups is 1. The maximum absolute atomic E-state index is 12.2. The lowest BCUT2D eigenvalue weighted by Gasteiger charge is -2.19. The fourth-order valence-electron chi connectivity index (χ4n) is 2.06. The number of benzene rings is 1.